The first-order chi connectivity index (χ1) is 11.3. The fourth-order valence-corrected chi connectivity index (χ4v) is 2.37. The summed E-state index contributed by atoms with van der Waals surface area (Å²) < 4.78 is 9.28. The van der Waals surface area contributed by atoms with Crippen LogP contribution in [0.15, 0.2) is 12.2 Å². The SMILES string of the molecule is COC(=O)/C=C/C(=O)OCC(C)(C)C(=O)C(=O)NC1CCCCC1. The number of amides is 1. The zero-order valence-corrected chi connectivity index (χ0v) is 14.4. The Morgan fingerprint density at radius 2 is 1.62 bits per heavy atom. The number of esters is 2. The third kappa shape index (κ3) is 6.52. The van der Waals surface area contributed by atoms with E-state index in [0.717, 1.165) is 44.3 Å². The Morgan fingerprint density at radius 1 is 1.04 bits per heavy atom. The van der Waals surface area contributed by atoms with Crippen LogP contribution in [0.2, 0.25) is 0 Å². The van der Waals surface area contributed by atoms with Gasteiger partial charge in [-0.3, -0.25) is 9.59 Å². The number of methoxy groups -OCH3 is 1. The molecule has 7 nitrogen and oxygen atoms in total. The summed E-state index contributed by atoms with van der Waals surface area (Å²) in [5, 5.41) is 2.76. The minimum absolute atomic E-state index is 0.0385. The summed E-state index contributed by atoms with van der Waals surface area (Å²) in [5.41, 5.74) is -1.15. The molecule has 134 valence electrons. The molecule has 1 fully saturated rings. The van der Waals surface area contributed by atoms with Crippen molar-refractivity contribution in [3.8, 4) is 0 Å². The molecule has 0 bridgehead atoms. The van der Waals surface area contributed by atoms with E-state index in [1.54, 1.807) is 0 Å². The summed E-state index contributed by atoms with van der Waals surface area (Å²) in [7, 11) is 1.19. The van der Waals surface area contributed by atoms with Crippen molar-refractivity contribution in [3.05, 3.63) is 12.2 Å². The van der Waals surface area contributed by atoms with Crippen LogP contribution in [-0.2, 0) is 28.7 Å². The molecule has 1 N–H and O–H groups in total. The Labute approximate surface area is 141 Å². The van der Waals surface area contributed by atoms with Gasteiger partial charge in [-0.1, -0.05) is 19.3 Å². The molecule has 1 aliphatic carbocycles. The molecule has 1 aliphatic rings. The van der Waals surface area contributed by atoms with E-state index < -0.39 is 29.0 Å². The molecule has 0 unspecified atom stereocenters. The first-order valence-electron chi connectivity index (χ1n) is 8.04. The molecule has 0 aliphatic heterocycles. The van der Waals surface area contributed by atoms with Crippen LogP contribution in [0.5, 0.6) is 0 Å². The molecule has 0 saturated heterocycles. The molecule has 0 radical (unpaired) electrons. The Balaban J connectivity index is 2.48. The van der Waals surface area contributed by atoms with Crippen LogP contribution in [0.4, 0.5) is 0 Å². The number of hydrogen-bond acceptors (Lipinski definition) is 6. The number of rotatable bonds is 7. The summed E-state index contributed by atoms with van der Waals surface area (Å²) in [4.78, 5) is 46.7. The van der Waals surface area contributed by atoms with E-state index >= 15 is 0 Å². The van der Waals surface area contributed by atoms with E-state index in [4.69, 9.17) is 4.74 Å². The van der Waals surface area contributed by atoms with E-state index in [9.17, 15) is 19.2 Å². The summed E-state index contributed by atoms with van der Waals surface area (Å²) in [5.74, 6) is -2.74. The van der Waals surface area contributed by atoms with Crippen LogP contribution in [-0.4, -0.2) is 43.4 Å². The van der Waals surface area contributed by atoms with Gasteiger partial charge in [-0.05, 0) is 26.7 Å². The molecule has 1 saturated carbocycles. The van der Waals surface area contributed by atoms with Gasteiger partial charge in [-0.2, -0.15) is 0 Å². The normalized spacial score (nSPS) is 15.8. The molecule has 0 atom stereocenters. The van der Waals surface area contributed by atoms with Crippen molar-refractivity contribution in [2.45, 2.75) is 52.0 Å². The molecule has 24 heavy (non-hydrogen) atoms. The predicted molar refractivity (Wildman–Crippen MR) is 85.9 cm³/mol. The highest BCUT2D eigenvalue weighted by Gasteiger charge is 2.35. The smallest absolute Gasteiger partial charge is 0.331 e. The summed E-state index contributed by atoms with van der Waals surface area (Å²) in [6.07, 6.45) is 6.85. The lowest BCUT2D eigenvalue weighted by Gasteiger charge is -2.26. The van der Waals surface area contributed by atoms with Gasteiger partial charge >= 0.3 is 11.9 Å². The quantitative estimate of drug-likeness (QED) is 0.426. The summed E-state index contributed by atoms with van der Waals surface area (Å²) >= 11 is 0. The highest BCUT2D eigenvalue weighted by molar-refractivity contribution is 6.38. The first kappa shape index (κ1) is 19.9. The Hall–Kier alpha value is -2.18. The number of ketones is 1. The topological polar surface area (TPSA) is 98.8 Å². The van der Waals surface area contributed by atoms with Crippen LogP contribution in [0.25, 0.3) is 0 Å². The maximum atomic E-state index is 12.3. The monoisotopic (exact) mass is 339 g/mol. The van der Waals surface area contributed by atoms with Crippen LogP contribution in [0.3, 0.4) is 0 Å². The van der Waals surface area contributed by atoms with Crippen LogP contribution < -0.4 is 5.32 Å². The van der Waals surface area contributed by atoms with E-state index in [1.165, 1.54) is 21.0 Å². The standard InChI is InChI=1S/C17H25NO6/c1-17(2,11-24-14(20)10-9-13(19)23-3)15(21)16(22)18-12-7-5-4-6-8-12/h9-10,12H,4-8,11H2,1-3H3,(H,18,22)/b10-9+. The highest BCUT2D eigenvalue weighted by atomic mass is 16.5. The van der Waals surface area contributed by atoms with Crippen molar-refractivity contribution in [2.75, 3.05) is 13.7 Å². The maximum Gasteiger partial charge on any atom is 0.331 e. The third-order valence-corrected chi connectivity index (χ3v) is 3.89. The molecular weight excluding hydrogens is 314 g/mol. The second kappa shape index (κ2) is 9.20. The Kier molecular flexibility index (Phi) is 7.61. The lowest BCUT2D eigenvalue weighted by molar-refractivity contribution is -0.150. The van der Waals surface area contributed by atoms with Crippen molar-refractivity contribution in [2.24, 2.45) is 5.41 Å². The van der Waals surface area contributed by atoms with Gasteiger partial charge in [-0.25, -0.2) is 9.59 Å². The zero-order valence-electron chi connectivity index (χ0n) is 14.4. The fraction of sp³-hybridized carbons (Fsp3) is 0.647. The maximum absolute atomic E-state index is 12.3. The third-order valence-electron chi connectivity index (χ3n) is 3.89. The van der Waals surface area contributed by atoms with Crippen molar-refractivity contribution in [3.63, 3.8) is 0 Å². The van der Waals surface area contributed by atoms with Gasteiger partial charge in [0, 0.05) is 18.2 Å². The number of Topliss-reactive ketones (excluding diaryl/α,β-unsaturated/α-hetero) is 1. The van der Waals surface area contributed by atoms with Crippen molar-refractivity contribution >= 4 is 23.6 Å². The van der Waals surface area contributed by atoms with Gasteiger partial charge in [0.2, 0.25) is 5.78 Å². The number of ether oxygens (including phenoxy) is 2. The van der Waals surface area contributed by atoms with Crippen LogP contribution in [0.1, 0.15) is 46.0 Å². The molecule has 0 heterocycles. The van der Waals surface area contributed by atoms with Gasteiger partial charge < -0.3 is 14.8 Å². The number of carbonyl (C=O) groups excluding carboxylic acids is 4. The second-order valence-corrected chi connectivity index (χ2v) is 6.49. The number of carbonyl (C=O) groups is 4. The Morgan fingerprint density at radius 3 is 2.21 bits per heavy atom. The van der Waals surface area contributed by atoms with Gasteiger partial charge in [-0.15, -0.1) is 0 Å². The minimum atomic E-state index is -1.15. The van der Waals surface area contributed by atoms with Crippen LogP contribution in [0, 0.1) is 5.41 Å². The van der Waals surface area contributed by atoms with Gasteiger partial charge in [0.25, 0.3) is 5.91 Å². The lowest BCUT2D eigenvalue weighted by atomic mass is 9.88. The number of hydrogen-bond donors (Lipinski definition) is 1. The van der Waals surface area contributed by atoms with E-state index in [0.29, 0.717) is 0 Å². The zero-order chi connectivity index (χ0) is 18.2. The lowest BCUT2D eigenvalue weighted by Crippen LogP contribution is -2.46. The molecule has 0 spiro atoms. The van der Waals surface area contributed by atoms with Crippen LogP contribution >= 0.6 is 0 Å². The average Bonchev–Trinajstić information content (AvgIpc) is 2.57. The summed E-state index contributed by atoms with van der Waals surface area (Å²) in [6.45, 7) is 2.81. The van der Waals surface area contributed by atoms with Crippen molar-refractivity contribution in [1.29, 1.82) is 0 Å². The minimum Gasteiger partial charge on any atom is -0.466 e. The van der Waals surface area contributed by atoms with E-state index in [2.05, 4.69) is 10.1 Å². The van der Waals surface area contributed by atoms with Gasteiger partial charge in [0.05, 0.1) is 12.5 Å². The summed E-state index contributed by atoms with van der Waals surface area (Å²) in [6, 6.07) is 0.0385. The fourth-order valence-electron chi connectivity index (χ4n) is 2.37. The Bertz CT molecular complexity index is 517. The van der Waals surface area contributed by atoms with Crippen molar-refractivity contribution in [1.82, 2.24) is 5.32 Å². The number of nitrogens with one attached hydrogen (secondary N) is 1. The largest absolute Gasteiger partial charge is 0.466 e. The van der Waals surface area contributed by atoms with Gasteiger partial charge in [0.1, 0.15) is 6.61 Å². The molecular formula is C17H25NO6. The van der Waals surface area contributed by atoms with E-state index in [-0.39, 0.29) is 12.6 Å². The first-order valence-corrected chi connectivity index (χ1v) is 8.04. The predicted octanol–water partition coefficient (Wildman–Crippen LogP) is 1.30. The van der Waals surface area contributed by atoms with E-state index in [1.807, 2.05) is 0 Å². The molecule has 0 aromatic rings. The molecule has 1 amide bonds. The molecule has 7 heteroatoms. The molecule has 0 aromatic carbocycles. The average molecular weight is 339 g/mol. The van der Waals surface area contributed by atoms with Crippen molar-refractivity contribution < 1.29 is 28.7 Å². The van der Waals surface area contributed by atoms with Gasteiger partial charge in [0.15, 0.2) is 0 Å². The molecule has 0 aromatic heterocycles. The molecule has 1 rings (SSSR count). The highest BCUT2D eigenvalue weighted by Crippen LogP contribution is 2.20. The second-order valence-electron chi connectivity index (χ2n) is 6.49.